The lowest BCUT2D eigenvalue weighted by molar-refractivity contribution is -0.156. The van der Waals surface area contributed by atoms with Gasteiger partial charge in [0, 0.05) is 13.1 Å². The number of aromatic nitrogens is 4. The van der Waals surface area contributed by atoms with Gasteiger partial charge >= 0.3 is 11.9 Å². The minimum atomic E-state index is -1.24. The van der Waals surface area contributed by atoms with Crippen LogP contribution in [0.15, 0.2) is 0 Å². The fourth-order valence-electron chi connectivity index (χ4n) is 2.08. The molecule has 1 aromatic heterocycles. The third-order valence-electron chi connectivity index (χ3n) is 3.07. The topological polar surface area (TPSA) is 149 Å². The standard InChI is InChI=1S/C9H11N5O5/c15-7(6-10-12-13-11-6)14-2-1-4(8(16)17)5(3-14)9(18)19/h4-5H,1-3H2,(H,16,17)(H,18,19)(H,10,11,12,13). The van der Waals surface area contributed by atoms with Gasteiger partial charge in [-0.3, -0.25) is 14.4 Å². The molecule has 0 spiro atoms. The molecule has 1 fully saturated rings. The van der Waals surface area contributed by atoms with E-state index in [1.807, 2.05) is 0 Å². The molecule has 2 heterocycles. The fourth-order valence-corrected chi connectivity index (χ4v) is 2.08. The molecule has 1 amide bonds. The molecular formula is C9H11N5O5. The summed E-state index contributed by atoms with van der Waals surface area (Å²) in [6.45, 7) is -0.0339. The van der Waals surface area contributed by atoms with Crippen molar-refractivity contribution in [3.63, 3.8) is 0 Å². The summed E-state index contributed by atoms with van der Waals surface area (Å²) in [5.41, 5.74) is 0. The summed E-state index contributed by atoms with van der Waals surface area (Å²) in [7, 11) is 0. The Morgan fingerprint density at radius 1 is 1.21 bits per heavy atom. The van der Waals surface area contributed by atoms with Gasteiger partial charge in [-0.25, -0.2) is 0 Å². The van der Waals surface area contributed by atoms with Crippen molar-refractivity contribution in [2.45, 2.75) is 6.42 Å². The van der Waals surface area contributed by atoms with E-state index in [9.17, 15) is 14.4 Å². The fraction of sp³-hybridized carbons (Fsp3) is 0.556. The first-order valence-electron chi connectivity index (χ1n) is 5.49. The van der Waals surface area contributed by atoms with E-state index in [1.165, 1.54) is 4.90 Å². The highest BCUT2D eigenvalue weighted by molar-refractivity contribution is 5.91. The Morgan fingerprint density at radius 2 is 1.89 bits per heavy atom. The van der Waals surface area contributed by atoms with E-state index >= 15 is 0 Å². The molecule has 1 saturated heterocycles. The molecule has 2 rings (SSSR count). The maximum absolute atomic E-state index is 11.9. The smallest absolute Gasteiger partial charge is 0.309 e. The van der Waals surface area contributed by atoms with Gasteiger partial charge < -0.3 is 15.1 Å². The third-order valence-corrected chi connectivity index (χ3v) is 3.07. The normalized spacial score (nSPS) is 23.1. The van der Waals surface area contributed by atoms with Crippen molar-refractivity contribution in [2.24, 2.45) is 11.8 Å². The van der Waals surface area contributed by atoms with E-state index in [4.69, 9.17) is 10.2 Å². The number of likely N-dealkylation sites (tertiary alicyclic amines) is 1. The van der Waals surface area contributed by atoms with E-state index in [-0.39, 0.29) is 25.3 Å². The largest absolute Gasteiger partial charge is 0.481 e. The second kappa shape index (κ2) is 5.00. The molecule has 0 radical (unpaired) electrons. The molecule has 1 aliphatic heterocycles. The SMILES string of the molecule is O=C(O)C1CCN(C(=O)c2nn[nH]n2)CC1C(=O)O. The Kier molecular flexibility index (Phi) is 3.40. The Morgan fingerprint density at radius 3 is 2.42 bits per heavy atom. The molecule has 2 unspecified atom stereocenters. The molecule has 10 nitrogen and oxygen atoms in total. The average Bonchev–Trinajstić information content (AvgIpc) is 2.90. The number of carbonyl (C=O) groups excluding carboxylic acids is 1. The number of aliphatic carboxylic acids is 2. The highest BCUT2D eigenvalue weighted by Gasteiger charge is 2.40. The lowest BCUT2D eigenvalue weighted by Crippen LogP contribution is -2.48. The predicted molar refractivity (Wildman–Crippen MR) is 56.9 cm³/mol. The molecule has 19 heavy (non-hydrogen) atoms. The minimum Gasteiger partial charge on any atom is -0.481 e. The zero-order valence-electron chi connectivity index (χ0n) is 9.68. The van der Waals surface area contributed by atoms with Crippen molar-refractivity contribution in [3.8, 4) is 0 Å². The van der Waals surface area contributed by atoms with E-state index < -0.39 is 29.7 Å². The van der Waals surface area contributed by atoms with Crippen LogP contribution >= 0.6 is 0 Å². The van der Waals surface area contributed by atoms with Crippen molar-refractivity contribution < 1.29 is 24.6 Å². The van der Waals surface area contributed by atoms with Crippen LogP contribution in [0.25, 0.3) is 0 Å². The monoisotopic (exact) mass is 269 g/mol. The van der Waals surface area contributed by atoms with Crippen LogP contribution in [0.3, 0.4) is 0 Å². The molecule has 0 saturated carbocycles. The van der Waals surface area contributed by atoms with Crippen molar-refractivity contribution >= 4 is 17.8 Å². The molecule has 10 heteroatoms. The summed E-state index contributed by atoms with van der Waals surface area (Å²) in [6, 6.07) is 0. The Labute approximate surface area is 106 Å². The van der Waals surface area contributed by atoms with Gasteiger partial charge in [0.2, 0.25) is 0 Å². The van der Waals surface area contributed by atoms with Crippen LogP contribution < -0.4 is 0 Å². The molecule has 0 aliphatic carbocycles. The number of hydrogen-bond donors (Lipinski definition) is 3. The number of aromatic amines is 1. The maximum atomic E-state index is 11.9. The Balaban J connectivity index is 2.13. The molecule has 1 aliphatic rings. The van der Waals surface area contributed by atoms with Crippen LogP contribution in [0.5, 0.6) is 0 Å². The van der Waals surface area contributed by atoms with Gasteiger partial charge in [0.1, 0.15) is 0 Å². The number of nitrogens with one attached hydrogen (secondary N) is 1. The number of carboxylic acid groups (broad SMARTS) is 2. The second-order valence-corrected chi connectivity index (χ2v) is 4.16. The summed E-state index contributed by atoms with van der Waals surface area (Å²) >= 11 is 0. The van der Waals surface area contributed by atoms with Crippen LogP contribution in [0.2, 0.25) is 0 Å². The molecule has 3 N–H and O–H groups in total. The summed E-state index contributed by atoms with van der Waals surface area (Å²) in [4.78, 5) is 35.2. The quantitative estimate of drug-likeness (QED) is 0.596. The van der Waals surface area contributed by atoms with Crippen molar-refractivity contribution in [2.75, 3.05) is 13.1 Å². The number of nitrogens with zero attached hydrogens (tertiary/aromatic N) is 4. The number of H-pyrrole nitrogens is 1. The van der Waals surface area contributed by atoms with Crippen molar-refractivity contribution in [1.82, 2.24) is 25.5 Å². The van der Waals surface area contributed by atoms with Crippen LogP contribution in [-0.2, 0) is 9.59 Å². The van der Waals surface area contributed by atoms with Gasteiger partial charge in [-0.15, -0.1) is 10.2 Å². The lowest BCUT2D eigenvalue weighted by Gasteiger charge is -2.33. The van der Waals surface area contributed by atoms with Gasteiger partial charge in [-0.2, -0.15) is 5.21 Å². The van der Waals surface area contributed by atoms with Gasteiger partial charge in [0.15, 0.2) is 0 Å². The third kappa shape index (κ3) is 2.51. The van der Waals surface area contributed by atoms with Gasteiger partial charge in [0.05, 0.1) is 11.8 Å². The first-order valence-corrected chi connectivity index (χ1v) is 5.49. The van der Waals surface area contributed by atoms with E-state index in [2.05, 4.69) is 20.6 Å². The molecule has 2 atom stereocenters. The summed E-state index contributed by atoms with van der Waals surface area (Å²) in [5.74, 6) is -5.27. The summed E-state index contributed by atoms with van der Waals surface area (Å²) < 4.78 is 0. The molecule has 0 bridgehead atoms. The van der Waals surface area contributed by atoms with Gasteiger partial charge in [0.25, 0.3) is 11.7 Å². The minimum absolute atomic E-state index is 0.0793. The number of tetrazole rings is 1. The number of amides is 1. The van der Waals surface area contributed by atoms with Crippen molar-refractivity contribution in [1.29, 1.82) is 0 Å². The van der Waals surface area contributed by atoms with E-state index in [0.29, 0.717) is 0 Å². The Hall–Kier alpha value is -2.52. The number of rotatable bonds is 3. The zero-order chi connectivity index (χ0) is 14.0. The van der Waals surface area contributed by atoms with Crippen LogP contribution in [0.4, 0.5) is 0 Å². The van der Waals surface area contributed by atoms with Crippen LogP contribution in [0, 0.1) is 11.8 Å². The summed E-state index contributed by atoms with van der Waals surface area (Å²) in [5, 5.41) is 30.4. The number of piperidine rings is 1. The number of carboxylic acids is 2. The van der Waals surface area contributed by atoms with E-state index in [1.54, 1.807) is 0 Å². The molecule has 1 aromatic rings. The summed E-state index contributed by atoms with van der Waals surface area (Å²) in [6.07, 6.45) is 0.0793. The number of hydrogen-bond acceptors (Lipinski definition) is 6. The highest BCUT2D eigenvalue weighted by atomic mass is 16.4. The Bertz CT molecular complexity index is 501. The van der Waals surface area contributed by atoms with Crippen LogP contribution in [0.1, 0.15) is 17.0 Å². The maximum Gasteiger partial charge on any atom is 0.309 e. The first-order chi connectivity index (χ1) is 9.00. The number of carbonyl (C=O) groups is 3. The molecular weight excluding hydrogens is 258 g/mol. The lowest BCUT2D eigenvalue weighted by atomic mass is 9.85. The molecule has 0 aromatic carbocycles. The van der Waals surface area contributed by atoms with E-state index in [0.717, 1.165) is 0 Å². The second-order valence-electron chi connectivity index (χ2n) is 4.16. The average molecular weight is 269 g/mol. The molecule has 102 valence electrons. The predicted octanol–water partition coefficient (Wildman–Crippen LogP) is -1.55. The van der Waals surface area contributed by atoms with Crippen molar-refractivity contribution in [3.05, 3.63) is 5.82 Å². The van der Waals surface area contributed by atoms with Gasteiger partial charge in [-0.1, -0.05) is 0 Å². The first kappa shape index (κ1) is 12.9. The zero-order valence-corrected chi connectivity index (χ0v) is 9.68. The van der Waals surface area contributed by atoms with Gasteiger partial charge in [-0.05, 0) is 11.6 Å². The van der Waals surface area contributed by atoms with Crippen LogP contribution in [-0.4, -0.2) is 66.7 Å². The highest BCUT2D eigenvalue weighted by Crippen LogP contribution is 2.25.